The molecule has 35 heavy (non-hydrogen) atoms. The highest BCUT2D eigenvalue weighted by atomic mass is 19.1. The third-order valence-corrected chi connectivity index (χ3v) is 6.97. The fourth-order valence-electron chi connectivity index (χ4n) is 4.65. The van der Waals surface area contributed by atoms with Crippen molar-refractivity contribution in [3.8, 4) is 5.69 Å². The van der Waals surface area contributed by atoms with Gasteiger partial charge in [-0.25, -0.2) is 9.18 Å². The van der Waals surface area contributed by atoms with Crippen LogP contribution in [0.15, 0.2) is 41.3 Å². The van der Waals surface area contributed by atoms with E-state index in [0.29, 0.717) is 57.9 Å². The summed E-state index contributed by atoms with van der Waals surface area (Å²) < 4.78 is 15.8. The van der Waals surface area contributed by atoms with Gasteiger partial charge in [-0.2, -0.15) is 4.98 Å². The van der Waals surface area contributed by atoms with Crippen LogP contribution in [0.5, 0.6) is 0 Å². The van der Waals surface area contributed by atoms with Gasteiger partial charge in [-0.15, -0.1) is 0 Å². The fourth-order valence-corrected chi connectivity index (χ4v) is 4.65. The first-order valence-corrected chi connectivity index (χ1v) is 12.2. The van der Waals surface area contributed by atoms with E-state index in [-0.39, 0.29) is 18.1 Å². The minimum Gasteiger partial charge on any atom is -0.353 e. The van der Waals surface area contributed by atoms with Gasteiger partial charge < -0.3 is 21.3 Å². The lowest BCUT2D eigenvalue weighted by atomic mass is 9.93. The van der Waals surface area contributed by atoms with Crippen molar-refractivity contribution >= 4 is 11.7 Å². The van der Waals surface area contributed by atoms with E-state index < -0.39 is 11.2 Å². The number of carbonyl (C=O) groups is 1. The van der Waals surface area contributed by atoms with E-state index in [1.54, 1.807) is 24.9 Å². The predicted octanol–water partition coefficient (Wildman–Crippen LogP) is 0.881. The van der Waals surface area contributed by atoms with E-state index in [4.69, 9.17) is 11.5 Å². The van der Waals surface area contributed by atoms with E-state index in [1.165, 1.54) is 4.57 Å². The Hall–Kier alpha value is -2.82. The van der Waals surface area contributed by atoms with Crippen LogP contribution in [0.25, 0.3) is 5.69 Å². The molecule has 2 aromatic rings. The van der Waals surface area contributed by atoms with Crippen molar-refractivity contribution < 1.29 is 9.18 Å². The summed E-state index contributed by atoms with van der Waals surface area (Å²) in [4.78, 5) is 35.4. The Labute approximate surface area is 205 Å². The lowest BCUT2D eigenvalue weighted by Gasteiger charge is -2.37. The molecule has 1 amide bonds. The molecule has 9 nitrogen and oxygen atoms in total. The quantitative estimate of drug-likeness (QED) is 0.624. The highest BCUT2D eigenvalue weighted by Gasteiger charge is 2.33. The number of hydrogen-bond donors (Lipinski definition) is 2. The number of piperidine rings is 1. The van der Waals surface area contributed by atoms with Crippen molar-refractivity contribution in [1.29, 1.82) is 0 Å². The van der Waals surface area contributed by atoms with E-state index in [0.717, 1.165) is 17.8 Å². The third kappa shape index (κ3) is 5.88. The van der Waals surface area contributed by atoms with Crippen molar-refractivity contribution in [2.24, 2.45) is 11.5 Å². The molecule has 2 fully saturated rings. The number of hydrogen-bond acceptors (Lipinski definition) is 7. The summed E-state index contributed by atoms with van der Waals surface area (Å²) in [6.07, 6.45) is 2.66. The minimum absolute atomic E-state index is 0.0738. The van der Waals surface area contributed by atoms with Crippen molar-refractivity contribution in [2.45, 2.75) is 44.4 Å². The molecule has 2 aliphatic heterocycles. The lowest BCUT2D eigenvalue weighted by Crippen LogP contribution is -2.57. The highest BCUT2D eigenvalue weighted by molar-refractivity contribution is 5.85. The SMILES string of the molecule is CC(C)(N)C(=O)N1CCN(c2ccn(-c3ccc(CN4CCC(F)(CN)CC4)cc3)c(=O)n2)CC1. The number of rotatable bonds is 6. The molecule has 0 bridgehead atoms. The number of anilines is 1. The number of benzene rings is 1. The number of carbonyl (C=O) groups excluding carboxylic acids is 1. The van der Waals surface area contributed by atoms with E-state index >= 15 is 0 Å². The predicted molar refractivity (Wildman–Crippen MR) is 134 cm³/mol. The van der Waals surface area contributed by atoms with Crippen molar-refractivity contribution in [1.82, 2.24) is 19.4 Å². The molecule has 1 aromatic carbocycles. The molecule has 2 saturated heterocycles. The Morgan fingerprint density at radius 1 is 1.06 bits per heavy atom. The van der Waals surface area contributed by atoms with E-state index in [2.05, 4.69) is 9.88 Å². The maximum absolute atomic E-state index is 14.3. The average Bonchev–Trinajstić information content (AvgIpc) is 2.85. The zero-order valence-electron chi connectivity index (χ0n) is 20.6. The standard InChI is InChI=1S/C25H36FN7O2/c1-24(2,28)22(34)32-15-13-31(14-16-32)21-7-10-33(23(35)29-21)20-5-3-19(4-6-20)17-30-11-8-25(26,18-27)9-12-30/h3-7,10H,8-9,11-18,27-28H2,1-2H3. The molecule has 2 aliphatic rings. The normalized spacial score (nSPS) is 19.1. The van der Waals surface area contributed by atoms with Gasteiger partial charge in [0, 0.05) is 58.6 Å². The monoisotopic (exact) mass is 485 g/mol. The summed E-state index contributed by atoms with van der Waals surface area (Å²) in [7, 11) is 0. The Balaban J connectivity index is 1.36. The van der Waals surface area contributed by atoms with Gasteiger partial charge in [0.15, 0.2) is 0 Å². The molecular formula is C25H36FN7O2. The first-order valence-electron chi connectivity index (χ1n) is 12.2. The van der Waals surface area contributed by atoms with Crippen LogP contribution in [-0.4, -0.2) is 82.3 Å². The summed E-state index contributed by atoms with van der Waals surface area (Å²) in [6, 6.07) is 9.62. The Morgan fingerprint density at radius 2 is 1.69 bits per heavy atom. The molecule has 0 unspecified atom stereocenters. The number of halogens is 1. The van der Waals surface area contributed by atoms with Crippen molar-refractivity contribution in [2.75, 3.05) is 50.7 Å². The molecule has 3 heterocycles. The van der Waals surface area contributed by atoms with Crippen LogP contribution in [0.4, 0.5) is 10.2 Å². The fraction of sp³-hybridized carbons (Fsp3) is 0.560. The summed E-state index contributed by atoms with van der Waals surface area (Å²) >= 11 is 0. The topological polar surface area (TPSA) is 114 Å². The smallest absolute Gasteiger partial charge is 0.353 e. The molecule has 0 atom stereocenters. The van der Waals surface area contributed by atoms with Gasteiger partial charge in [-0.1, -0.05) is 12.1 Å². The zero-order valence-corrected chi connectivity index (χ0v) is 20.6. The molecule has 0 saturated carbocycles. The van der Waals surface area contributed by atoms with Crippen LogP contribution in [0.2, 0.25) is 0 Å². The number of nitrogens with two attached hydrogens (primary N) is 2. The van der Waals surface area contributed by atoms with E-state index in [1.807, 2.05) is 35.2 Å². The number of piperazine rings is 1. The Morgan fingerprint density at radius 3 is 2.23 bits per heavy atom. The number of amides is 1. The van der Waals surface area contributed by atoms with Crippen LogP contribution >= 0.6 is 0 Å². The molecule has 190 valence electrons. The van der Waals surface area contributed by atoms with Gasteiger partial charge >= 0.3 is 5.69 Å². The molecule has 1 aromatic heterocycles. The highest BCUT2D eigenvalue weighted by Crippen LogP contribution is 2.26. The Bertz CT molecular complexity index is 1080. The Kier molecular flexibility index (Phi) is 7.25. The molecule has 0 spiro atoms. The third-order valence-electron chi connectivity index (χ3n) is 6.97. The van der Waals surface area contributed by atoms with Gasteiger partial charge in [-0.05, 0) is 50.5 Å². The number of nitrogens with zero attached hydrogens (tertiary/aromatic N) is 5. The zero-order chi connectivity index (χ0) is 25.2. The van der Waals surface area contributed by atoms with E-state index in [9.17, 15) is 14.0 Å². The van der Waals surface area contributed by atoms with Gasteiger partial charge in [0.2, 0.25) is 5.91 Å². The number of alkyl halides is 1. The molecule has 0 radical (unpaired) electrons. The van der Waals surface area contributed by atoms with Crippen LogP contribution < -0.4 is 22.1 Å². The first kappa shape index (κ1) is 25.3. The van der Waals surface area contributed by atoms with Gasteiger partial charge in [0.1, 0.15) is 11.5 Å². The molecular weight excluding hydrogens is 449 g/mol. The minimum atomic E-state index is -1.23. The van der Waals surface area contributed by atoms with Crippen LogP contribution in [-0.2, 0) is 11.3 Å². The number of likely N-dealkylation sites (tertiary alicyclic amines) is 1. The first-order chi connectivity index (χ1) is 16.6. The van der Waals surface area contributed by atoms with Crippen LogP contribution in [0, 0.1) is 0 Å². The summed E-state index contributed by atoms with van der Waals surface area (Å²) in [5.41, 5.74) is 10.9. The molecule has 10 heteroatoms. The second-order valence-corrected chi connectivity index (χ2v) is 10.2. The van der Waals surface area contributed by atoms with Crippen molar-refractivity contribution in [3.05, 3.63) is 52.6 Å². The maximum Gasteiger partial charge on any atom is 0.354 e. The second-order valence-electron chi connectivity index (χ2n) is 10.2. The largest absolute Gasteiger partial charge is 0.354 e. The summed E-state index contributed by atoms with van der Waals surface area (Å²) in [5.74, 6) is 0.531. The van der Waals surface area contributed by atoms with Gasteiger partial charge in [-0.3, -0.25) is 14.3 Å². The summed E-state index contributed by atoms with van der Waals surface area (Å²) in [5, 5.41) is 0. The second kappa shape index (κ2) is 10.0. The van der Waals surface area contributed by atoms with Crippen LogP contribution in [0.3, 0.4) is 0 Å². The summed E-state index contributed by atoms with van der Waals surface area (Å²) in [6.45, 7) is 7.89. The molecule has 4 N–H and O–H groups in total. The lowest BCUT2D eigenvalue weighted by molar-refractivity contribution is -0.136. The average molecular weight is 486 g/mol. The maximum atomic E-state index is 14.3. The molecule has 4 rings (SSSR count). The molecule has 0 aliphatic carbocycles. The van der Waals surface area contributed by atoms with Gasteiger partial charge in [0.05, 0.1) is 11.2 Å². The van der Waals surface area contributed by atoms with Gasteiger partial charge in [0.25, 0.3) is 0 Å². The number of aromatic nitrogens is 2. The van der Waals surface area contributed by atoms with Crippen LogP contribution in [0.1, 0.15) is 32.3 Å². The van der Waals surface area contributed by atoms with Crippen molar-refractivity contribution in [3.63, 3.8) is 0 Å².